The maximum atomic E-state index is 9.35. The van der Waals surface area contributed by atoms with Crippen LogP contribution in [0, 0.1) is 0 Å². The highest BCUT2D eigenvalue weighted by Crippen LogP contribution is 2.17. The van der Waals surface area contributed by atoms with Crippen molar-refractivity contribution in [1.82, 2.24) is 5.32 Å². The van der Waals surface area contributed by atoms with Crippen LogP contribution < -0.4 is 10.2 Å². The Hall–Kier alpha value is -1.06. The highest BCUT2D eigenvalue weighted by molar-refractivity contribution is 5.46. The minimum absolute atomic E-state index is 0.138. The highest BCUT2D eigenvalue weighted by Gasteiger charge is 2.19. The second-order valence-electron chi connectivity index (χ2n) is 5.87. The number of aliphatic hydroxyl groups excluding tert-OH is 1. The molecule has 0 bridgehead atoms. The van der Waals surface area contributed by atoms with E-state index >= 15 is 0 Å². The van der Waals surface area contributed by atoms with Crippen molar-refractivity contribution < 1.29 is 5.11 Å². The Labute approximate surface area is 124 Å². The Morgan fingerprint density at radius 2 is 1.85 bits per heavy atom. The van der Waals surface area contributed by atoms with Gasteiger partial charge in [-0.05, 0) is 57.4 Å². The molecule has 114 valence electrons. The molecule has 0 radical (unpaired) electrons. The topological polar surface area (TPSA) is 35.5 Å². The van der Waals surface area contributed by atoms with E-state index in [0.717, 1.165) is 32.2 Å². The summed E-state index contributed by atoms with van der Waals surface area (Å²) in [7, 11) is 4.06. The molecule has 0 aliphatic heterocycles. The molecular weight excluding hydrogens is 248 g/mol. The first-order valence-electron chi connectivity index (χ1n) is 7.64. The lowest BCUT2D eigenvalue weighted by Crippen LogP contribution is -2.43. The van der Waals surface area contributed by atoms with Gasteiger partial charge in [0.15, 0.2) is 0 Å². The van der Waals surface area contributed by atoms with Crippen LogP contribution in [0.1, 0.15) is 38.7 Å². The molecule has 2 N–H and O–H groups in total. The van der Waals surface area contributed by atoms with Crippen molar-refractivity contribution in [3.05, 3.63) is 29.8 Å². The van der Waals surface area contributed by atoms with Crippen LogP contribution in [0.4, 0.5) is 5.69 Å². The first-order chi connectivity index (χ1) is 9.54. The summed E-state index contributed by atoms with van der Waals surface area (Å²) >= 11 is 0. The standard InChI is InChI=1S/C17H30N2O/c1-5-15-8-10-16(11-9-15)19(4)13-7-6-12-17(2,14-20)18-3/h8-11,18,20H,5-7,12-14H2,1-4H3. The number of nitrogens with zero attached hydrogens (tertiary/aromatic N) is 1. The lowest BCUT2D eigenvalue weighted by molar-refractivity contribution is 0.171. The summed E-state index contributed by atoms with van der Waals surface area (Å²) in [5, 5.41) is 12.5. The number of rotatable bonds is 9. The summed E-state index contributed by atoms with van der Waals surface area (Å²) in [4.78, 5) is 2.30. The van der Waals surface area contributed by atoms with Crippen molar-refractivity contribution in [2.75, 3.05) is 32.1 Å². The van der Waals surface area contributed by atoms with E-state index < -0.39 is 0 Å². The van der Waals surface area contributed by atoms with Gasteiger partial charge in [0.1, 0.15) is 0 Å². The minimum atomic E-state index is -0.138. The Morgan fingerprint density at radius 1 is 1.20 bits per heavy atom. The Balaban J connectivity index is 2.34. The molecule has 0 spiro atoms. The van der Waals surface area contributed by atoms with Crippen LogP contribution >= 0.6 is 0 Å². The number of aryl methyl sites for hydroxylation is 1. The number of likely N-dealkylation sites (N-methyl/N-ethyl adjacent to an activating group) is 1. The molecule has 0 aliphatic carbocycles. The minimum Gasteiger partial charge on any atom is -0.394 e. The van der Waals surface area contributed by atoms with Gasteiger partial charge in [0, 0.05) is 24.8 Å². The summed E-state index contributed by atoms with van der Waals surface area (Å²) in [6, 6.07) is 8.81. The van der Waals surface area contributed by atoms with Crippen molar-refractivity contribution in [3.63, 3.8) is 0 Å². The zero-order chi connectivity index (χ0) is 15.0. The molecular formula is C17H30N2O. The molecule has 3 nitrogen and oxygen atoms in total. The third-order valence-corrected chi connectivity index (χ3v) is 4.21. The quantitative estimate of drug-likeness (QED) is 0.682. The third kappa shape index (κ3) is 5.14. The normalized spacial score (nSPS) is 14.1. The fraction of sp³-hybridized carbons (Fsp3) is 0.647. The summed E-state index contributed by atoms with van der Waals surface area (Å²) in [5.41, 5.74) is 2.53. The van der Waals surface area contributed by atoms with Crippen LogP contribution in [0.15, 0.2) is 24.3 Å². The molecule has 0 saturated heterocycles. The molecule has 1 unspecified atom stereocenters. The van der Waals surface area contributed by atoms with Gasteiger partial charge in [-0.3, -0.25) is 0 Å². The van der Waals surface area contributed by atoms with Gasteiger partial charge < -0.3 is 15.3 Å². The van der Waals surface area contributed by atoms with Crippen molar-refractivity contribution in [2.24, 2.45) is 0 Å². The molecule has 0 amide bonds. The van der Waals surface area contributed by atoms with Gasteiger partial charge in [-0.1, -0.05) is 19.1 Å². The summed E-state index contributed by atoms with van der Waals surface area (Å²) < 4.78 is 0. The molecule has 1 atom stereocenters. The molecule has 20 heavy (non-hydrogen) atoms. The molecule has 3 heteroatoms. The van der Waals surface area contributed by atoms with Crippen molar-refractivity contribution >= 4 is 5.69 Å². The van der Waals surface area contributed by atoms with Crippen LogP contribution in [-0.4, -0.2) is 37.9 Å². The van der Waals surface area contributed by atoms with Gasteiger partial charge in [0.2, 0.25) is 0 Å². The van der Waals surface area contributed by atoms with Crippen molar-refractivity contribution in [2.45, 2.75) is 45.1 Å². The number of hydrogen-bond donors (Lipinski definition) is 2. The van der Waals surface area contributed by atoms with E-state index in [9.17, 15) is 5.11 Å². The van der Waals surface area contributed by atoms with Gasteiger partial charge in [-0.15, -0.1) is 0 Å². The van der Waals surface area contributed by atoms with Gasteiger partial charge in [-0.2, -0.15) is 0 Å². The lowest BCUT2D eigenvalue weighted by atomic mass is 9.96. The Kier molecular flexibility index (Phi) is 7.03. The monoisotopic (exact) mass is 278 g/mol. The first-order valence-corrected chi connectivity index (χ1v) is 7.64. The average molecular weight is 278 g/mol. The highest BCUT2D eigenvalue weighted by atomic mass is 16.3. The first kappa shape index (κ1) is 17.0. The molecule has 0 heterocycles. The number of nitrogens with one attached hydrogen (secondary N) is 1. The molecule has 0 saturated carbocycles. The molecule has 1 aromatic rings. The maximum absolute atomic E-state index is 9.35. The SMILES string of the molecule is CCc1ccc(N(C)CCCCC(C)(CO)NC)cc1. The van der Waals surface area contributed by atoms with Gasteiger partial charge in [0.05, 0.1) is 6.61 Å². The number of hydrogen-bond acceptors (Lipinski definition) is 3. The molecule has 1 rings (SSSR count). The Morgan fingerprint density at radius 3 is 2.35 bits per heavy atom. The molecule has 0 aliphatic rings. The summed E-state index contributed by atoms with van der Waals surface area (Å²) in [6.07, 6.45) is 4.36. The van der Waals surface area contributed by atoms with Crippen molar-refractivity contribution in [3.8, 4) is 0 Å². The Bertz CT molecular complexity index is 371. The van der Waals surface area contributed by atoms with E-state index in [1.165, 1.54) is 11.3 Å². The van der Waals surface area contributed by atoms with E-state index in [-0.39, 0.29) is 12.1 Å². The molecule has 0 aromatic heterocycles. The number of benzene rings is 1. The smallest absolute Gasteiger partial charge is 0.0610 e. The predicted octanol–water partition coefficient (Wildman–Crippen LogP) is 2.83. The zero-order valence-corrected chi connectivity index (χ0v) is 13.4. The summed E-state index contributed by atoms with van der Waals surface area (Å²) in [5.74, 6) is 0. The van der Waals surface area contributed by atoms with E-state index in [0.29, 0.717) is 0 Å². The number of aliphatic hydroxyl groups is 1. The van der Waals surface area contributed by atoms with Gasteiger partial charge in [0.25, 0.3) is 0 Å². The number of anilines is 1. The second-order valence-corrected chi connectivity index (χ2v) is 5.87. The second kappa shape index (κ2) is 8.28. The molecule has 0 fully saturated rings. The predicted molar refractivity (Wildman–Crippen MR) is 87.5 cm³/mol. The molecule has 1 aromatic carbocycles. The maximum Gasteiger partial charge on any atom is 0.0610 e. The fourth-order valence-electron chi connectivity index (χ4n) is 2.26. The number of unbranched alkanes of at least 4 members (excludes halogenated alkanes) is 1. The van der Waals surface area contributed by atoms with Crippen LogP contribution in [0.2, 0.25) is 0 Å². The third-order valence-electron chi connectivity index (χ3n) is 4.21. The van der Waals surface area contributed by atoms with E-state index in [1.807, 2.05) is 7.05 Å². The average Bonchev–Trinajstić information content (AvgIpc) is 2.51. The van der Waals surface area contributed by atoms with Crippen LogP contribution in [0.3, 0.4) is 0 Å². The zero-order valence-electron chi connectivity index (χ0n) is 13.4. The fourth-order valence-corrected chi connectivity index (χ4v) is 2.26. The van der Waals surface area contributed by atoms with Crippen LogP contribution in [0.5, 0.6) is 0 Å². The van der Waals surface area contributed by atoms with E-state index in [4.69, 9.17) is 0 Å². The van der Waals surface area contributed by atoms with Gasteiger partial charge in [-0.25, -0.2) is 0 Å². The van der Waals surface area contributed by atoms with E-state index in [1.54, 1.807) is 0 Å². The van der Waals surface area contributed by atoms with Crippen molar-refractivity contribution in [1.29, 1.82) is 0 Å². The van der Waals surface area contributed by atoms with Crippen LogP contribution in [0.25, 0.3) is 0 Å². The van der Waals surface area contributed by atoms with Crippen LogP contribution in [-0.2, 0) is 6.42 Å². The lowest BCUT2D eigenvalue weighted by Gasteiger charge is -2.27. The largest absolute Gasteiger partial charge is 0.394 e. The van der Waals surface area contributed by atoms with E-state index in [2.05, 4.69) is 55.4 Å². The summed E-state index contributed by atoms with van der Waals surface area (Å²) in [6.45, 7) is 5.49. The van der Waals surface area contributed by atoms with Gasteiger partial charge >= 0.3 is 0 Å².